The molecule has 5 nitrogen and oxygen atoms in total. The summed E-state index contributed by atoms with van der Waals surface area (Å²) in [7, 11) is 1.65. The van der Waals surface area contributed by atoms with Gasteiger partial charge in [-0.05, 0) is 38.0 Å². The first-order valence-corrected chi connectivity index (χ1v) is 7.27. The van der Waals surface area contributed by atoms with E-state index in [0.29, 0.717) is 13.2 Å². The highest BCUT2D eigenvalue weighted by molar-refractivity contribution is 5.81. The van der Waals surface area contributed by atoms with Gasteiger partial charge in [0.2, 0.25) is 0 Å². The number of carbonyl (C=O) groups is 1. The molecule has 1 amide bonds. The summed E-state index contributed by atoms with van der Waals surface area (Å²) in [6, 6.07) is 7.90. The van der Waals surface area contributed by atoms with E-state index < -0.39 is 6.10 Å². The lowest BCUT2D eigenvalue weighted by Gasteiger charge is -2.29. The van der Waals surface area contributed by atoms with Gasteiger partial charge < -0.3 is 14.8 Å². The van der Waals surface area contributed by atoms with Crippen LogP contribution in [0.2, 0.25) is 0 Å². The number of carbonyl (C=O) groups excluding carboxylic acids is 1. The van der Waals surface area contributed by atoms with Gasteiger partial charge in [0.25, 0.3) is 5.91 Å². The normalized spacial score (nSPS) is 19.1. The van der Waals surface area contributed by atoms with Gasteiger partial charge in [0.05, 0.1) is 7.11 Å². The molecule has 1 heterocycles. The quantitative estimate of drug-likeness (QED) is 0.795. The second kappa shape index (κ2) is 6.91. The second-order valence-electron chi connectivity index (χ2n) is 5.96. The third kappa shape index (κ3) is 4.72. The van der Waals surface area contributed by atoms with Crippen LogP contribution in [0.4, 0.5) is 0 Å². The van der Waals surface area contributed by atoms with Gasteiger partial charge in [0, 0.05) is 5.54 Å². The van der Waals surface area contributed by atoms with Crippen LogP contribution in [-0.4, -0.2) is 44.4 Å². The summed E-state index contributed by atoms with van der Waals surface area (Å²) in [5.74, 6) is 0.781. The SMILES string of the molecule is COc1ccc(CC(C)(C)NC(=O)C2C[NH+]CCO2)cc1. The molecular formula is C16H24N2O3+. The lowest BCUT2D eigenvalue weighted by molar-refractivity contribution is -0.674. The number of benzene rings is 1. The van der Waals surface area contributed by atoms with E-state index in [-0.39, 0.29) is 11.4 Å². The molecule has 1 fully saturated rings. The molecule has 0 spiro atoms. The van der Waals surface area contributed by atoms with Crippen LogP contribution < -0.4 is 15.4 Å². The zero-order chi connectivity index (χ0) is 15.3. The van der Waals surface area contributed by atoms with Crippen molar-refractivity contribution in [1.82, 2.24) is 5.32 Å². The summed E-state index contributed by atoms with van der Waals surface area (Å²) in [5, 5.41) is 6.23. The number of morpholine rings is 1. The Kier molecular flexibility index (Phi) is 5.20. The molecule has 1 aromatic rings. The number of hydrogen-bond donors (Lipinski definition) is 2. The van der Waals surface area contributed by atoms with Gasteiger partial charge in [0.15, 0.2) is 12.6 Å². The van der Waals surface area contributed by atoms with Crippen LogP contribution >= 0.6 is 0 Å². The van der Waals surface area contributed by atoms with Crippen molar-refractivity contribution in [2.75, 3.05) is 26.8 Å². The Morgan fingerprint density at radius 2 is 2.14 bits per heavy atom. The molecule has 0 bridgehead atoms. The van der Waals surface area contributed by atoms with Crippen LogP contribution in [0, 0.1) is 0 Å². The summed E-state index contributed by atoms with van der Waals surface area (Å²) in [5.41, 5.74) is 0.829. The average Bonchev–Trinajstić information content (AvgIpc) is 2.48. The predicted octanol–water partition coefficient (Wildman–Crippen LogP) is -0.119. The monoisotopic (exact) mass is 292 g/mol. The van der Waals surface area contributed by atoms with E-state index in [1.54, 1.807) is 7.11 Å². The Morgan fingerprint density at radius 3 is 2.71 bits per heavy atom. The molecule has 0 saturated carbocycles. The minimum atomic E-state index is -0.395. The molecule has 1 aromatic carbocycles. The van der Waals surface area contributed by atoms with E-state index >= 15 is 0 Å². The van der Waals surface area contributed by atoms with Crippen molar-refractivity contribution in [1.29, 1.82) is 0 Å². The maximum Gasteiger partial charge on any atom is 0.255 e. The Morgan fingerprint density at radius 1 is 1.43 bits per heavy atom. The van der Waals surface area contributed by atoms with E-state index in [1.165, 1.54) is 0 Å². The summed E-state index contributed by atoms with van der Waals surface area (Å²) in [6.45, 7) is 6.00. The molecule has 1 atom stereocenters. The zero-order valence-corrected chi connectivity index (χ0v) is 12.9. The highest BCUT2D eigenvalue weighted by Gasteiger charge is 2.30. The predicted molar refractivity (Wildman–Crippen MR) is 79.4 cm³/mol. The van der Waals surface area contributed by atoms with Gasteiger partial charge in [-0.2, -0.15) is 5.32 Å². The molecule has 0 aromatic heterocycles. The van der Waals surface area contributed by atoms with Gasteiger partial charge in [-0.1, -0.05) is 12.1 Å². The lowest BCUT2D eigenvalue weighted by atomic mass is 9.94. The second-order valence-corrected chi connectivity index (χ2v) is 5.96. The molecule has 115 valence electrons. The zero-order valence-electron chi connectivity index (χ0n) is 12.9. The van der Waals surface area contributed by atoms with Crippen molar-refractivity contribution in [2.45, 2.75) is 31.9 Å². The van der Waals surface area contributed by atoms with E-state index in [1.807, 2.05) is 38.1 Å². The van der Waals surface area contributed by atoms with E-state index in [0.717, 1.165) is 24.3 Å². The first kappa shape index (κ1) is 15.8. The minimum absolute atomic E-state index is 0.0549. The first-order valence-electron chi connectivity index (χ1n) is 7.27. The number of hydrogen-bond acceptors (Lipinski definition) is 4. The molecule has 1 saturated heterocycles. The average molecular weight is 292 g/mol. The number of ether oxygens (including phenoxy) is 2. The summed E-state index contributed by atoms with van der Waals surface area (Å²) < 4.78 is 10.6. The fraction of sp³-hybridized carbons (Fsp3) is 0.562. The van der Waals surface area contributed by atoms with Crippen molar-refractivity contribution in [2.24, 2.45) is 0 Å². The Labute approximate surface area is 126 Å². The molecule has 2 N–H and O–H groups in total. The van der Waals surface area contributed by atoms with Crippen LogP contribution in [0.5, 0.6) is 5.75 Å². The summed E-state index contributed by atoms with van der Waals surface area (Å²) in [4.78, 5) is 12.2. The molecule has 0 aliphatic carbocycles. The van der Waals surface area contributed by atoms with Crippen LogP contribution in [0.15, 0.2) is 24.3 Å². The Hall–Kier alpha value is -1.59. The maximum atomic E-state index is 12.2. The van der Waals surface area contributed by atoms with Gasteiger partial charge in [-0.3, -0.25) is 4.79 Å². The van der Waals surface area contributed by atoms with Crippen LogP contribution in [0.25, 0.3) is 0 Å². The van der Waals surface area contributed by atoms with Crippen LogP contribution in [0.1, 0.15) is 19.4 Å². The molecule has 1 aliphatic heterocycles. The molecule has 1 radical (unpaired) electrons. The first-order chi connectivity index (χ1) is 10.00. The van der Waals surface area contributed by atoms with E-state index in [4.69, 9.17) is 9.47 Å². The molecule has 5 heteroatoms. The minimum Gasteiger partial charge on any atom is -0.497 e. The van der Waals surface area contributed by atoms with Crippen molar-refractivity contribution in [3.63, 3.8) is 0 Å². The number of amides is 1. The van der Waals surface area contributed by atoms with E-state index in [9.17, 15) is 4.79 Å². The standard InChI is InChI=1S/C16H24N2O3/c1-16(2,10-12-4-6-13(20-3)7-5-12)18-15(19)14-11-17-8-9-21-14/h4-7,14,17H,8-11H2,1-3H3,(H,18,19)/q+1. The number of rotatable bonds is 5. The van der Waals surface area contributed by atoms with Crippen LogP contribution in [0.3, 0.4) is 0 Å². The third-order valence-corrected chi connectivity index (χ3v) is 3.49. The van der Waals surface area contributed by atoms with Crippen molar-refractivity contribution < 1.29 is 19.6 Å². The fourth-order valence-electron chi connectivity index (χ4n) is 2.45. The smallest absolute Gasteiger partial charge is 0.255 e. The maximum absolute atomic E-state index is 12.2. The molecule has 1 unspecified atom stereocenters. The van der Waals surface area contributed by atoms with Gasteiger partial charge in [0.1, 0.15) is 18.9 Å². The summed E-state index contributed by atoms with van der Waals surface area (Å²) >= 11 is 0. The van der Waals surface area contributed by atoms with Gasteiger partial charge >= 0.3 is 0 Å². The summed E-state index contributed by atoms with van der Waals surface area (Å²) in [6.07, 6.45) is 0.358. The fourth-order valence-corrected chi connectivity index (χ4v) is 2.45. The topological polar surface area (TPSA) is 63.2 Å². The Balaban J connectivity index is 1.92. The largest absolute Gasteiger partial charge is 0.497 e. The molecule has 1 aliphatic rings. The molecular weight excluding hydrogens is 268 g/mol. The number of methoxy groups -OCH3 is 1. The molecule has 2 rings (SSSR count). The van der Waals surface area contributed by atoms with Crippen molar-refractivity contribution >= 4 is 5.91 Å². The van der Waals surface area contributed by atoms with Crippen molar-refractivity contribution in [3.05, 3.63) is 29.8 Å². The van der Waals surface area contributed by atoms with Crippen LogP contribution in [-0.2, 0) is 16.0 Å². The highest BCUT2D eigenvalue weighted by atomic mass is 16.5. The van der Waals surface area contributed by atoms with E-state index in [2.05, 4.69) is 10.6 Å². The van der Waals surface area contributed by atoms with Gasteiger partial charge in [-0.25, -0.2) is 0 Å². The van der Waals surface area contributed by atoms with Crippen molar-refractivity contribution in [3.8, 4) is 5.75 Å². The van der Waals surface area contributed by atoms with Gasteiger partial charge in [-0.15, -0.1) is 0 Å². The Bertz CT molecular complexity index is 465. The molecule has 21 heavy (non-hydrogen) atoms. The highest BCUT2D eigenvalue weighted by Crippen LogP contribution is 2.17. The lowest BCUT2D eigenvalue weighted by Crippen LogP contribution is -2.90. The number of nitrogens with one attached hydrogen (secondary N) is 2. The third-order valence-electron chi connectivity index (χ3n) is 3.49.